The van der Waals surface area contributed by atoms with Crippen LogP contribution in [0.2, 0.25) is 10.0 Å². The molecule has 0 saturated carbocycles. The minimum Gasteiger partial charge on any atom is -0.461 e. The molecule has 0 saturated heterocycles. The number of ether oxygens (including phenoxy) is 1. The highest BCUT2D eigenvalue weighted by atomic mass is 35.5. The molecular weight excluding hydrogens is 397 g/mol. The highest BCUT2D eigenvalue weighted by Gasteiger charge is 2.16. The molecule has 1 aromatic carbocycles. The Hall–Kier alpha value is -1.96. The number of esters is 1. The Bertz CT molecular complexity index is 897. The van der Waals surface area contributed by atoms with Crippen molar-refractivity contribution in [1.82, 2.24) is 14.8 Å². The van der Waals surface area contributed by atoms with Crippen molar-refractivity contribution in [2.45, 2.75) is 25.2 Å². The van der Waals surface area contributed by atoms with Crippen LogP contribution in [-0.4, -0.2) is 26.5 Å². The van der Waals surface area contributed by atoms with Crippen molar-refractivity contribution in [3.8, 4) is 11.6 Å². The van der Waals surface area contributed by atoms with Crippen LogP contribution in [0.15, 0.2) is 46.2 Å². The first-order valence-electron chi connectivity index (χ1n) is 7.78. The van der Waals surface area contributed by atoms with Crippen LogP contribution in [0.5, 0.6) is 0 Å². The summed E-state index contributed by atoms with van der Waals surface area (Å²) in [6, 6.07) is 8.64. The topological polar surface area (TPSA) is 70.2 Å². The predicted octanol–water partition coefficient (Wildman–Crippen LogP) is 4.70. The van der Waals surface area contributed by atoms with E-state index in [4.69, 9.17) is 32.4 Å². The van der Waals surface area contributed by atoms with E-state index in [1.807, 2.05) is 17.6 Å². The molecule has 0 spiro atoms. The van der Waals surface area contributed by atoms with Gasteiger partial charge in [-0.05, 0) is 31.2 Å². The molecule has 0 aliphatic heterocycles. The van der Waals surface area contributed by atoms with Crippen LogP contribution in [0.3, 0.4) is 0 Å². The Kier molecular flexibility index (Phi) is 6.24. The van der Waals surface area contributed by atoms with E-state index >= 15 is 0 Å². The molecule has 2 heterocycles. The number of hydrogen-bond acceptors (Lipinski definition) is 6. The predicted molar refractivity (Wildman–Crippen MR) is 100 cm³/mol. The summed E-state index contributed by atoms with van der Waals surface area (Å²) in [6.45, 7) is 2.72. The lowest BCUT2D eigenvalue weighted by molar-refractivity contribution is -0.141. The fourth-order valence-electron chi connectivity index (χ4n) is 2.23. The highest BCUT2D eigenvalue weighted by molar-refractivity contribution is 7.99. The van der Waals surface area contributed by atoms with E-state index in [1.165, 1.54) is 11.8 Å². The number of hydrogen-bond donors (Lipinski definition) is 0. The van der Waals surface area contributed by atoms with Crippen LogP contribution in [0.1, 0.15) is 12.5 Å². The van der Waals surface area contributed by atoms with Crippen LogP contribution in [-0.2, 0) is 22.7 Å². The van der Waals surface area contributed by atoms with Gasteiger partial charge >= 0.3 is 5.97 Å². The molecule has 2 aromatic heterocycles. The largest absolute Gasteiger partial charge is 0.461 e. The first-order valence-corrected chi connectivity index (χ1v) is 9.52. The monoisotopic (exact) mass is 411 g/mol. The Morgan fingerprint density at radius 1 is 1.31 bits per heavy atom. The average Bonchev–Trinajstić information content (AvgIpc) is 3.28. The second kappa shape index (κ2) is 8.62. The number of furan rings is 1. The third-order valence-electron chi connectivity index (χ3n) is 3.50. The van der Waals surface area contributed by atoms with Gasteiger partial charge in [-0.25, -0.2) is 0 Å². The third-order valence-corrected chi connectivity index (χ3v) is 5.02. The SMILES string of the molecule is CCn1c(SCC(=O)OCc2ccc(Cl)cc2Cl)nnc1-c1ccco1. The zero-order valence-electron chi connectivity index (χ0n) is 13.8. The van der Waals surface area contributed by atoms with Crippen LogP contribution in [0.25, 0.3) is 11.6 Å². The molecule has 3 rings (SSSR count). The smallest absolute Gasteiger partial charge is 0.316 e. The lowest BCUT2D eigenvalue weighted by atomic mass is 10.2. The molecule has 0 amide bonds. The standard InChI is InChI=1S/C17H15Cl2N3O3S/c1-2-22-16(14-4-3-7-24-14)20-21-17(22)26-10-15(23)25-9-11-5-6-12(18)8-13(11)19/h3-8H,2,9-10H2,1H3. The molecule has 0 aliphatic carbocycles. The maximum absolute atomic E-state index is 12.0. The maximum atomic E-state index is 12.0. The second-order valence-corrected chi connectivity index (χ2v) is 7.00. The minimum absolute atomic E-state index is 0.0908. The summed E-state index contributed by atoms with van der Waals surface area (Å²) in [5.41, 5.74) is 0.700. The number of rotatable bonds is 7. The number of halogens is 2. The molecule has 26 heavy (non-hydrogen) atoms. The normalized spacial score (nSPS) is 10.9. The Labute approximate surface area is 164 Å². The number of thioether (sulfide) groups is 1. The van der Waals surface area contributed by atoms with Gasteiger partial charge in [0, 0.05) is 22.2 Å². The van der Waals surface area contributed by atoms with Crippen molar-refractivity contribution in [2.75, 3.05) is 5.75 Å². The summed E-state index contributed by atoms with van der Waals surface area (Å²) in [7, 11) is 0. The number of benzene rings is 1. The van der Waals surface area contributed by atoms with Gasteiger partial charge in [0.15, 0.2) is 16.7 Å². The average molecular weight is 412 g/mol. The molecular formula is C17H15Cl2N3O3S. The van der Waals surface area contributed by atoms with Gasteiger partial charge in [0.2, 0.25) is 0 Å². The number of aromatic nitrogens is 3. The van der Waals surface area contributed by atoms with Crippen molar-refractivity contribution in [1.29, 1.82) is 0 Å². The molecule has 0 unspecified atom stereocenters. The fourth-order valence-corrected chi connectivity index (χ4v) is 3.49. The van der Waals surface area contributed by atoms with Crippen LogP contribution in [0.4, 0.5) is 0 Å². The highest BCUT2D eigenvalue weighted by Crippen LogP contribution is 2.25. The first kappa shape index (κ1) is 18.8. The Balaban J connectivity index is 1.58. The summed E-state index contributed by atoms with van der Waals surface area (Å²) in [4.78, 5) is 12.0. The fraction of sp³-hybridized carbons (Fsp3) is 0.235. The summed E-state index contributed by atoms with van der Waals surface area (Å²) in [5.74, 6) is 1.00. The minimum atomic E-state index is -0.369. The van der Waals surface area contributed by atoms with Gasteiger partial charge < -0.3 is 9.15 Å². The number of nitrogens with zero attached hydrogens (tertiary/aromatic N) is 3. The van der Waals surface area contributed by atoms with E-state index in [9.17, 15) is 4.79 Å². The zero-order valence-corrected chi connectivity index (χ0v) is 16.1. The van der Waals surface area contributed by atoms with Gasteiger partial charge in [0.05, 0.1) is 12.0 Å². The van der Waals surface area contributed by atoms with E-state index in [0.717, 1.165) is 0 Å². The molecule has 0 fully saturated rings. The molecule has 6 nitrogen and oxygen atoms in total. The van der Waals surface area contributed by atoms with Gasteiger partial charge in [0.25, 0.3) is 0 Å². The van der Waals surface area contributed by atoms with Crippen molar-refractivity contribution < 1.29 is 13.9 Å². The van der Waals surface area contributed by atoms with Crippen molar-refractivity contribution in [2.24, 2.45) is 0 Å². The molecule has 0 N–H and O–H groups in total. The summed E-state index contributed by atoms with van der Waals surface area (Å²) >= 11 is 13.2. The molecule has 136 valence electrons. The zero-order chi connectivity index (χ0) is 18.5. The summed E-state index contributed by atoms with van der Waals surface area (Å²) in [5, 5.41) is 9.89. The Morgan fingerprint density at radius 3 is 2.85 bits per heavy atom. The summed E-state index contributed by atoms with van der Waals surface area (Å²) < 4.78 is 12.5. The molecule has 0 bridgehead atoms. The Morgan fingerprint density at radius 2 is 2.15 bits per heavy atom. The van der Waals surface area contributed by atoms with Gasteiger partial charge in [0.1, 0.15) is 6.61 Å². The van der Waals surface area contributed by atoms with Crippen LogP contribution >= 0.6 is 35.0 Å². The van der Waals surface area contributed by atoms with Crippen LogP contribution in [0, 0.1) is 0 Å². The van der Waals surface area contributed by atoms with Crippen molar-refractivity contribution in [3.63, 3.8) is 0 Å². The van der Waals surface area contributed by atoms with Gasteiger partial charge in [-0.15, -0.1) is 10.2 Å². The molecule has 0 aliphatic rings. The second-order valence-electron chi connectivity index (χ2n) is 5.21. The van der Waals surface area contributed by atoms with E-state index in [1.54, 1.807) is 30.5 Å². The van der Waals surface area contributed by atoms with E-state index in [-0.39, 0.29) is 18.3 Å². The maximum Gasteiger partial charge on any atom is 0.316 e. The lowest BCUT2D eigenvalue weighted by Crippen LogP contribution is -2.09. The van der Waals surface area contributed by atoms with Gasteiger partial charge in [-0.2, -0.15) is 0 Å². The molecule has 0 radical (unpaired) electrons. The number of carbonyl (C=O) groups excluding carboxylic acids is 1. The third kappa shape index (κ3) is 4.41. The van der Waals surface area contributed by atoms with E-state index in [0.29, 0.717) is 38.9 Å². The van der Waals surface area contributed by atoms with Gasteiger partial charge in [-0.3, -0.25) is 9.36 Å². The lowest BCUT2D eigenvalue weighted by Gasteiger charge is -2.08. The number of carbonyl (C=O) groups is 1. The summed E-state index contributed by atoms with van der Waals surface area (Å²) in [6.07, 6.45) is 1.58. The molecule has 3 aromatic rings. The van der Waals surface area contributed by atoms with Crippen LogP contribution < -0.4 is 0 Å². The molecule has 0 atom stereocenters. The van der Waals surface area contributed by atoms with Crippen molar-refractivity contribution >= 4 is 40.9 Å². The van der Waals surface area contributed by atoms with Crippen molar-refractivity contribution in [3.05, 3.63) is 52.2 Å². The molecule has 9 heteroatoms. The van der Waals surface area contributed by atoms with E-state index in [2.05, 4.69) is 10.2 Å². The van der Waals surface area contributed by atoms with Gasteiger partial charge in [-0.1, -0.05) is 41.0 Å². The quantitative estimate of drug-likeness (QED) is 0.414. The van der Waals surface area contributed by atoms with E-state index < -0.39 is 0 Å². The first-order chi connectivity index (χ1) is 12.6.